The van der Waals surface area contributed by atoms with Gasteiger partial charge in [-0.1, -0.05) is 20.8 Å². The summed E-state index contributed by atoms with van der Waals surface area (Å²) in [6, 6.07) is 3.61. The lowest BCUT2D eigenvalue weighted by atomic mass is 10.1. The van der Waals surface area contributed by atoms with E-state index in [1.807, 2.05) is 20.8 Å². The summed E-state index contributed by atoms with van der Waals surface area (Å²) >= 11 is 0. The summed E-state index contributed by atoms with van der Waals surface area (Å²) in [4.78, 5) is 11.9. The Kier molecular flexibility index (Phi) is 6.05. The fourth-order valence-electron chi connectivity index (χ4n) is 1.73. The SMILES string of the molecule is CCCNc1ccc(C(=O)NCC(C)C)cc1C(F)(F)F. The zero-order chi connectivity index (χ0) is 16.0. The van der Waals surface area contributed by atoms with Gasteiger partial charge in [-0.15, -0.1) is 0 Å². The van der Waals surface area contributed by atoms with Crippen molar-refractivity contribution < 1.29 is 18.0 Å². The maximum atomic E-state index is 13.1. The summed E-state index contributed by atoms with van der Waals surface area (Å²) in [5.41, 5.74) is -0.789. The topological polar surface area (TPSA) is 41.1 Å². The third kappa shape index (κ3) is 5.28. The molecule has 1 aromatic rings. The Bertz CT molecular complexity index is 484. The summed E-state index contributed by atoms with van der Waals surface area (Å²) in [7, 11) is 0. The zero-order valence-electron chi connectivity index (χ0n) is 12.5. The highest BCUT2D eigenvalue weighted by molar-refractivity contribution is 5.95. The number of rotatable bonds is 6. The number of carbonyl (C=O) groups excluding carboxylic acids is 1. The second-order valence-electron chi connectivity index (χ2n) is 5.29. The molecule has 1 aromatic carbocycles. The van der Waals surface area contributed by atoms with Gasteiger partial charge in [0.2, 0.25) is 0 Å². The van der Waals surface area contributed by atoms with Crippen LogP contribution in [0.2, 0.25) is 0 Å². The normalized spacial score (nSPS) is 11.6. The van der Waals surface area contributed by atoms with Crippen molar-refractivity contribution in [3.05, 3.63) is 29.3 Å². The van der Waals surface area contributed by atoms with E-state index in [1.54, 1.807) is 0 Å². The van der Waals surface area contributed by atoms with Crippen molar-refractivity contribution in [3.8, 4) is 0 Å². The lowest BCUT2D eigenvalue weighted by Gasteiger charge is -2.16. The summed E-state index contributed by atoms with van der Waals surface area (Å²) in [6.45, 7) is 6.57. The van der Waals surface area contributed by atoms with Crippen LogP contribution in [0.5, 0.6) is 0 Å². The average Bonchev–Trinajstić information content (AvgIpc) is 2.41. The molecule has 0 heterocycles. The van der Waals surface area contributed by atoms with Crippen molar-refractivity contribution in [1.29, 1.82) is 0 Å². The minimum absolute atomic E-state index is 0.00441. The molecule has 0 spiro atoms. The maximum Gasteiger partial charge on any atom is 0.418 e. The van der Waals surface area contributed by atoms with Crippen molar-refractivity contribution in [2.75, 3.05) is 18.4 Å². The van der Waals surface area contributed by atoms with Crippen LogP contribution in [-0.4, -0.2) is 19.0 Å². The number of hydrogen-bond donors (Lipinski definition) is 2. The number of benzene rings is 1. The summed E-state index contributed by atoms with van der Waals surface area (Å²) < 4.78 is 39.2. The van der Waals surface area contributed by atoms with Crippen LogP contribution >= 0.6 is 0 Å². The van der Waals surface area contributed by atoms with Crippen LogP contribution < -0.4 is 10.6 Å². The van der Waals surface area contributed by atoms with Gasteiger partial charge in [-0.25, -0.2) is 0 Å². The van der Waals surface area contributed by atoms with E-state index in [9.17, 15) is 18.0 Å². The largest absolute Gasteiger partial charge is 0.418 e. The molecule has 3 nitrogen and oxygen atoms in total. The molecule has 0 radical (unpaired) electrons. The van der Waals surface area contributed by atoms with Crippen LogP contribution in [0.4, 0.5) is 18.9 Å². The molecule has 0 fully saturated rings. The van der Waals surface area contributed by atoms with Crippen LogP contribution in [0.15, 0.2) is 18.2 Å². The minimum atomic E-state index is -4.50. The molecule has 0 saturated carbocycles. The Labute approximate surface area is 122 Å². The molecule has 0 bridgehead atoms. The molecular formula is C15H21F3N2O. The van der Waals surface area contributed by atoms with E-state index in [4.69, 9.17) is 0 Å². The Morgan fingerprint density at radius 2 is 1.95 bits per heavy atom. The molecule has 0 aliphatic rings. The van der Waals surface area contributed by atoms with Gasteiger partial charge in [0.15, 0.2) is 0 Å². The Morgan fingerprint density at radius 1 is 1.29 bits per heavy atom. The van der Waals surface area contributed by atoms with E-state index in [-0.39, 0.29) is 17.2 Å². The summed E-state index contributed by atoms with van der Waals surface area (Å²) in [6.07, 6.45) is -3.78. The quantitative estimate of drug-likeness (QED) is 0.836. The van der Waals surface area contributed by atoms with E-state index in [0.717, 1.165) is 6.07 Å². The maximum absolute atomic E-state index is 13.1. The van der Waals surface area contributed by atoms with Gasteiger partial charge in [-0.05, 0) is 30.5 Å². The number of carbonyl (C=O) groups is 1. The lowest BCUT2D eigenvalue weighted by Crippen LogP contribution is -2.27. The summed E-state index contributed by atoms with van der Waals surface area (Å²) in [5, 5.41) is 5.35. The van der Waals surface area contributed by atoms with Crippen LogP contribution in [0.3, 0.4) is 0 Å². The van der Waals surface area contributed by atoms with E-state index in [0.29, 0.717) is 19.5 Å². The predicted octanol–water partition coefficient (Wildman–Crippen LogP) is 3.91. The van der Waals surface area contributed by atoms with Crippen LogP contribution in [-0.2, 0) is 6.18 Å². The first-order valence-electron chi connectivity index (χ1n) is 6.99. The second-order valence-corrected chi connectivity index (χ2v) is 5.29. The molecule has 6 heteroatoms. The van der Waals surface area contributed by atoms with Crippen molar-refractivity contribution in [1.82, 2.24) is 5.32 Å². The molecule has 2 N–H and O–H groups in total. The van der Waals surface area contributed by atoms with Crippen molar-refractivity contribution in [2.24, 2.45) is 5.92 Å². The third-order valence-corrected chi connectivity index (χ3v) is 2.82. The van der Waals surface area contributed by atoms with Crippen molar-refractivity contribution >= 4 is 11.6 Å². The number of halogens is 3. The molecule has 21 heavy (non-hydrogen) atoms. The monoisotopic (exact) mass is 302 g/mol. The summed E-state index contributed by atoms with van der Waals surface area (Å²) in [5.74, 6) is -0.252. The molecule has 0 aromatic heterocycles. The van der Waals surface area contributed by atoms with E-state index in [2.05, 4.69) is 10.6 Å². The first-order chi connectivity index (χ1) is 9.75. The smallest absolute Gasteiger partial charge is 0.385 e. The van der Waals surface area contributed by atoms with Gasteiger partial charge in [0.05, 0.1) is 5.56 Å². The van der Waals surface area contributed by atoms with Gasteiger partial charge in [-0.3, -0.25) is 4.79 Å². The van der Waals surface area contributed by atoms with Gasteiger partial charge < -0.3 is 10.6 Å². The Balaban J connectivity index is 3.01. The van der Waals surface area contributed by atoms with E-state index < -0.39 is 17.6 Å². The van der Waals surface area contributed by atoms with Crippen molar-refractivity contribution in [2.45, 2.75) is 33.4 Å². The van der Waals surface area contributed by atoms with Gasteiger partial charge in [0, 0.05) is 24.3 Å². The molecule has 1 rings (SSSR count). The van der Waals surface area contributed by atoms with Crippen LogP contribution in [0.1, 0.15) is 43.1 Å². The molecule has 0 aliphatic carbocycles. The molecule has 118 valence electrons. The van der Waals surface area contributed by atoms with E-state index in [1.165, 1.54) is 12.1 Å². The molecule has 0 unspecified atom stereocenters. The first-order valence-corrected chi connectivity index (χ1v) is 6.99. The third-order valence-electron chi connectivity index (χ3n) is 2.82. The minimum Gasteiger partial charge on any atom is -0.385 e. The standard InChI is InChI=1S/C15H21F3N2O/c1-4-7-19-13-6-5-11(8-12(13)15(16,17)18)14(21)20-9-10(2)3/h5-6,8,10,19H,4,7,9H2,1-3H3,(H,20,21). The molecule has 1 amide bonds. The van der Waals surface area contributed by atoms with Gasteiger partial charge >= 0.3 is 6.18 Å². The number of amides is 1. The number of hydrogen-bond acceptors (Lipinski definition) is 2. The van der Waals surface area contributed by atoms with Crippen molar-refractivity contribution in [3.63, 3.8) is 0 Å². The molecule has 0 atom stereocenters. The van der Waals surface area contributed by atoms with Gasteiger partial charge in [-0.2, -0.15) is 13.2 Å². The van der Waals surface area contributed by atoms with Crippen LogP contribution in [0, 0.1) is 5.92 Å². The predicted molar refractivity (Wildman–Crippen MR) is 77.4 cm³/mol. The van der Waals surface area contributed by atoms with E-state index >= 15 is 0 Å². The lowest BCUT2D eigenvalue weighted by molar-refractivity contribution is -0.137. The van der Waals surface area contributed by atoms with Gasteiger partial charge in [0.25, 0.3) is 5.91 Å². The average molecular weight is 302 g/mol. The van der Waals surface area contributed by atoms with Gasteiger partial charge in [0.1, 0.15) is 0 Å². The molecule has 0 aliphatic heterocycles. The van der Waals surface area contributed by atoms with Crippen LogP contribution in [0.25, 0.3) is 0 Å². The Hall–Kier alpha value is -1.72. The Morgan fingerprint density at radius 3 is 2.48 bits per heavy atom. The fourth-order valence-corrected chi connectivity index (χ4v) is 1.73. The molecular weight excluding hydrogens is 281 g/mol. The highest BCUT2D eigenvalue weighted by Gasteiger charge is 2.34. The highest BCUT2D eigenvalue weighted by atomic mass is 19.4. The highest BCUT2D eigenvalue weighted by Crippen LogP contribution is 2.35. The number of anilines is 1. The molecule has 0 saturated heterocycles. The fraction of sp³-hybridized carbons (Fsp3) is 0.533. The number of nitrogens with one attached hydrogen (secondary N) is 2. The second kappa shape index (κ2) is 7.33. The number of alkyl halides is 3. The first kappa shape index (κ1) is 17.3. The zero-order valence-corrected chi connectivity index (χ0v) is 12.5.